The van der Waals surface area contributed by atoms with E-state index in [0.717, 1.165) is 5.56 Å². The summed E-state index contributed by atoms with van der Waals surface area (Å²) in [6.45, 7) is 0. The Morgan fingerprint density at radius 3 is 2.61 bits per heavy atom. The molecule has 0 N–H and O–H groups in total. The average Bonchev–Trinajstić information content (AvgIpc) is 2.36. The third-order valence-electron chi connectivity index (χ3n) is 2.68. The van der Waals surface area contributed by atoms with E-state index in [0.29, 0.717) is 23.4 Å². The van der Waals surface area contributed by atoms with Crippen LogP contribution in [0.5, 0.6) is 0 Å². The van der Waals surface area contributed by atoms with E-state index in [1.807, 2.05) is 18.2 Å². The molecular formula is C15H12ClFO. The fourth-order valence-corrected chi connectivity index (χ4v) is 1.97. The van der Waals surface area contributed by atoms with Gasteiger partial charge in [0.15, 0.2) is 5.78 Å². The van der Waals surface area contributed by atoms with Gasteiger partial charge in [-0.3, -0.25) is 4.79 Å². The van der Waals surface area contributed by atoms with Gasteiger partial charge < -0.3 is 0 Å². The molecule has 0 amide bonds. The lowest BCUT2D eigenvalue weighted by molar-refractivity contribution is 0.0982. The van der Waals surface area contributed by atoms with Crippen LogP contribution in [0, 0.1) is 5.82 Å². The van der Waals surface area contributed by atoms with Gasteiger partial charge in [-0.1, -0.05) is 35.9 Å². The van der Waals surface area contributed by atoms with Gasteiger partial charge in [0.2, 0.25) is 0 Å². The molecule has 0 saturated carbocycles. The Kier molecular flexibility index (Phi) is 4.11. The summed E-state index contributed by atoms with van der Waals surface area (Å²) < 4.78 is 13.0. The highest BCUT2D eigenvalue weighted by Crippen LogP contribution is 2.14. The van der Waals surface area contributed by atoms with E-state index in [2.05, 4.69) is 0 Å². The number of benzene rings is 2. The first-order valence-electron chi connectivity index (χ1n) is 5.68. The van der Waals surface area contributed by atoms with Crippen molar-refractivity contribution in [3.8, 4) is 0 Å². The van der Waals surface area contributed by atoms with Gasteiger partial charge in [-0.15, -0.1) is 0 Å². The van der Waals surface area contributed by atoms with E-state index < -0.39 is 0 Å². The van der Waals surface area contributed by atoms with Crippen molar-refractivity contribution in [3.63, 3.8) is 0 Å². The fraction of sp³-hybridized carbons (Fsp3) is 0.133. The number of carbonyl (C=O) groups is 1. The van der Waals surface area contributed by atoms with Crippen LogP contribution in [0.25, 0.3) is 0 Å². The van der Waals surface area contributed by atoms with Crippen LogP contribution in [0.2, 0.25) is 5.02 Å². The Bertz CT molecular complexity index is 566. The Labute approximate surface area is 110 Å². The van der Waals surface area contributed by atoms with Crippen LogP contribution in [0.15, 0.2) is 48.5 Å². The molecule has 0 aliphatic heterocycles. The van der Waals surface area contributed by atoms with Crippen LogP contribution in [-0.2, 0) is 6.42 Å². The summed E-state index contributed by atoms with van der Waals surface area (Å²) in [5, 5.41) is 0.658. The molecule has 0 radical (unpaired) electrons. The second-order valence-corrected chi connectivity index (χ2v) is 4.50. The van der Waals surface area contributed by atoms with Gasteiger partial charge in [0.05, 0.1) is 0 Å². The van der Waals surface area contributed by atoms with Crippen molar-refractivity contribution < 1.29 is 9.18 Å². The largest absolute Gasteiger partial charge is 0.294 e. The van der Waals surface area contributed by atoms with E-state index in [4.69, 9.17) is 11.6 Å². The zero-order valence-corrected chi connectivity index (χ0v) is 10.5. The molecule has 1 nitrogen and oxygen atoms in total. The minimum Gasteiger partial charge on any atom is -0.294 e. The summed E-state index contributed by atoms with van der Waals surface area (Å²) in [4.78, 5) is 11.9. The van der Waals surface area contributed by atoms with Crippen molar-refractivity contribution in [2.45, 2.75) is 12.8 Å². The molecule has 0 saturated heterocycles. The zero-order chi connectivity index (χ0) is 13.0. The first-order valence-corrected chi connectivity index (χ1v) is 6.06. The Hall–Kier alpha value is -1.67. The maximum atomic E-state index is 13.0. The highest BCUT2D eigenvalue weighted by molar-refractivity contribution is 6.30. The number of rotatable bonds is 4. The number of ketones is 1. The summed E-state index contributed by atoms with van der Waals surface area (Å²) in [7, 11) is 0. The van der Waals surface area contributed by atoms with Gasteiger partial charge in [0.1, 0.15) is 5.82 Å². The van der Waals surface area contributed by atoms with Crippen LogP contribution in [0.4, 0.5) is 4.39 Å². The Balaban J connectivity index is 2.00. The molecule has 0 heterocycles. The molecule has 0 aliphatic rings. The second kappa shape index (κ2) is 5.78. The van der Waals surface area contributed by atoms with Crippen molar-refractivity contribution in [1.82, 2.24) is 0 Å². The molecule has 0 spiro atoms. The first kappa shape index (κ1) is 12.8. The van der Waals surface area contributed by atoms with E-state index in [-0.39, 0.29) is 11.6 Å². The number of aryl methyl sites for hydroxylation is 1. The van der Waals surface area contributed by atoms with Gasteiger partial charge in [0.25, 0.3) is 0 Å². The number of halogens is 2. The second-order valence-electron chi connectivity index (χ2n) is 4.06. The molecule has 18 heavy (non-hydrogen) atoms. The van der Waals surface area contributed by atoms with Gasteiger partial charge in [0, 0.05) is 17.0 Å². The van der Waals surface area contributed by atoms with Crippen molar-refractivity contribution in [2.24, 2.45) is 0 Å². The molecule has 0 unspecified atom stereocenters. The van der Waals surface area contributed by atoms with E-state index in [1.54, 1.807) is 18.2 Å². The van der Waals surface area contributed by atoms with Gasteiger partial charge in [-0.25, -0.2) is 4.39 Å². The molecule has 0 aliphatic carbocycles. The van der Waals surface area contributed by atoms with Crippen LogP contribution in [0.1, 0.15) is 22.3 Å². The van der Waals surface area contributed by atoms with Crippen LogP contribution < -0.4 is 0 Å². The van der Waals surface area contributed by atoms with Crippen LogP contribution >= 0.6 is 11.6 Å². The van der Waals surface area contributed by atoms with Crippen LogP contribution in [0.3, 0.4) is 0 Å². The molecule has 2 aromatic carbocycles. The monoisotopic (exact) mass is 262 g/mol. The maximum Gasteiger partial charge on any atom is 0.163 e. The molecule has 2 rings (SSSR count). The molecular weight excluding hydrogens is 251 g/mol. The molecule has 0 bridgehead atoms. The number of hydrogen-bond acceptors (Lipinski definition) is 1. The van der Waals surface area contributed by atoms with E-state index in [1.165, 1.54) is 12.1 Å². The van der Waals surface area contributed by atoms with Crippen molar-refractivity contribution in [2.75, 3.05) is 0 Å². The summed E-state index contributed by atoms with van der Waals surface area (Å²) in [6.07, 6.45) is 0.958. The topological polar surface area (TPSA) is 17.1 Å². The lowest BCUT2D eigenvalue weighted by atomic mass is 10.0. The van der Waals surface area contributed by atoms with Crippen molar-refractivity contribution >= 4 is 17.4 Å². The number of Topliss-reactive ketones (excluding diaryl/α,β-unsaturated/α-hetero) is 1. The molecule has 3 heteroatoms. The molecule has 0 fully saturated rings. The lowest BCUT2D eigenvalue weighted by Crippen LogP contribution is -2.01. The third kappa shape index (κ3) is 3.41. The van der Waals surface area contributed by atoms with Crippen molar-refractivity contribution in [3.05, 3.63) is 70.5 Å². The summed E-state index contributed by atoms with van der Waals surface area (Å²) in [6, 6.07) is 13.2. The normalized spacial score (nSPS) is 10.3. The van der Waals surface area contributed by atoms with Gasteiger partial charge in [-0.05, 0) is 36.2 Å². The highest BCUT2D eigenvalue weighted by Gasteiger charge is 2.07. The van der Waals surface area contributed by atoms with E-state index >= 15 is 0 Å². The third-order valence-corrected chi connectivity index (χ3v) is 2.91. The standard InChI is InChI=1S/C15H12ClFO/c16-13-5-1-3-11(9-13)7-8-15(18)12-4-2-6-14(17)10-12/h1-6,9-10H,7-8H2. The van der Waals surface area contributed by atoms with Crippen molar-refractivity contribution in [1.29, 1.82) is 0 Å². The smallest absolute Gasteiger partial charge is 0.163 e. The summed E-state index contributed by atoms with van der Waals surface area (Å²) in [5.74, 6) is -0.446. The molecule has 0 aromatic heterocycles. The predicted molar refractivity (Wildman–Crippen MR) is 70.5 cm³/mol. The highest BCUT2D eigenvalue weighted by atomic mass is 35.5. The quantitative estimate of drug-likeness (QED) is 0.751. The Morgan fingerprint density at radius 2 is 1.89 bits per heavy atom. The molecule has 2 aromatic rings. The van der Waals surface area contributed by atoms with Crippen LogP contribution in [-0.4, -0.2) is 5.78 Å². The number of hydrogen-bond donors (Lipinski definition) is 0. The first-order chi connectivity index (χ1) is 8.65. The van der Waals surface area contributed by atoms with E-state index in [9.17, 15) is 9.18 Å². The average molecular weight is 263 g/mol. The summed E-state index contributed by atoms with van der Waals surface area (Å²) in [5.41, 5.74) is 1.42. The zero-order valence-electron chi connectivity index (χ0n) is 9.70. The summed E-state index contributed by atoms with van der Waals surface area (Å²) >= 11 is 5.86. The maximum absolute atomic E-state index is 13.0. The SMILES string of the molecule is O=C(CCc1cccc(Cl)c1)c1cccc(F)c1. The minimum absolute atomic E-state index is 0.0607. The van der Waals surface area contributed by atoms with Gasteiger partial charge in [-0.2, -0.15) is 0 Å². The molecule has 92 valence electrons. The fourth-order valence-electron chi connectivity index (χ4n) is 1.76. The minimum atomic E-state index is -0.386. The Morgan fingerprint density at radius 1 is 1.11 bits per heavy atom. The molecule has 0 atom stereocenters. The predicted octanol–water partition coefficient (Wildman–Crippen LogP) is 4.29. The number of carbonyl (C=O) groups excluding carboxylic acids is 1. The van der Waals surface area contributed by atoms with Gasteiger partial charge >= 0.3 is 0 Å². The lowest BCUT2D eigenvalue weighted by Gasteiger charge is -2.02.